The lowest BCUT2D eigenvalue weighted by Gasteiger charge is -2.10. The van der Waals surface area contributed by atoms with Crippen molar-refractivity contribution in [3.8, 4) is 0 Å². The molecule has 0 aliphatic rings. The van der Waals surface area contributed by atoms with E-state index < -0.39 is 0 Å². The molecule has 3 rings (SSSR count). The fourth-order valence-electron chi connectivity index (χ4n) is 2.23. The number of hydrogen-bond donors (Lipinski definition) is 2. The lowest BCUT2D eigenvalue weighted by Crippen LogP contribution is -2.18. The van der Waals surface area contributed by atoms with Crippen molar-refractivity contribution in [3.05, 3.63) is 48.0 Å². The number of hydrogen-bond acceptors (Lipinski definition) is 3. The van der Waals surface area contributed by atoms with Crippen molar-refractivity contribution in [2.45, 2.75) is 33.0 Å². The van der Waals surface area contributed by atoms with E-state index in [0.29, 0.717) is 6.54 Å². The number of aromatic nitrogens is 4. The predicted octanol–water partition coefficient (Wildman–Crippen LogP) is 2.63. The van der Waals surface area contributed by atoms with Gasteiger partial charge in [-0.1, -0.05) is 12.1 Å². The van der Waals surface area contributed by atoms with Crippen molar-refractivity contribution in [2.24, 2.45) is 0 Å². The van der Waals surface area contributed by atoms with Crippen molar-refractivity contribution in [1.82, 2.24) is 25.1 Å². The first-order chi connectivity index (χ1) is 9.76. The Kier molecular flexibility index (Phi) is 3.52. The number of nitrogens with one attached hydrogen (secondary N) is 2. The van der Waals surface area contributed by atoms with E-state index in [1.54, 1.807) is 0 Å². The van der Waals surface area contributed by atoms with Gasteiger partial charge in [-0.15, -0.1) is 0 Å². The van der Waals surface area contributed by atoms with Crippen molar-refractivity contribution in [3.63, 3.8) is 0 Å². The third-order valence-electron chi connectivity index (χ3n) is 3.49. The van der Waals surface area contributed by atoms with Gasteiger partial charge in [0.25, 0.3) is 0 Å². The minimum absolute atomic E-state index is 0.253. The van der Waals surface area contributed by atoms with E-state index in [2.05, 4.69) is 40.4 Å². The maximum atomic E-state index is 4.56. The van der Waals surface area contributed by atoms with E-state index in [1.165, 1.54) is 5.56 Å². The van der Waals surface area contributed by atoms with Gasteiger partial charge < -0.3 is 10.3 Å². The second-order valence-corrected chi connectivity index (χ2v) is 4.93. The smallest absolute Gasteiger partial charge is 0.121 e. The molecule has 3 aromatic rings. The summed E-state index contributed by atoms with van der Waals surface area (Å²) in [5.41, 5.74) is 3.29. The van der Waals surface area contributed by atoms with Crippen LogP contribution in [-0.4, -0.2) is 19.7 Å². The van der Waals surface area contributed by atoms with Gasteiger partial charge in [0.2, 0.25) is 0 Å². The number of benzene rings is 1. The predicted molar refractivity (Wildman–Crippen MR) is 79.2 cm³/mol. The average Bonchev–Trinajstić information content (AvgIpc) is 3.10. The molecule has 0 saturated heterocycles. The highest BCUT2D eigenvalue weighted by molar-refractivity contribution is 5.74. The van der Waals surface area contributed by atoms with Gasteiger partial charge in [-0.2, -0.15) is 5.10 Å². The zero-order chi connectivity index (χ0) is 13.9. The summed E-state index contributed by atoms with van der Waals surface area (Å²) in [7, 11) is 0. The van der Waals surface area contributed by atoms with Gasteiger partial charge in [-0.05, 0) is 26.0 Å². The topological polar surface area (TPSA) is 58.5 Å². The third-order valence-corrected chi connectivity index (χ3v) is 3.49. The summed E-state index contributed by atoms with van der Waals surface area (Å²) in [6, 6.07) is 8.33. The van der Waals surface area contributed by atoms with Crippen molar-refractivity contribution < 1.29 is 0 Å². The third kappa shape index (κ3) is 2.58. The summed E-state index contributed by atoms with van der Waals surface area (Å²) >= 11 is 0. The number of rotatable bonds is 5. The molecule has 0 aliphatic carbocycles. The SMILES string of the molecule is CCn1cc(C(C)NCc2nc3ccccc3[nH]2)cn1. The van der Waals surface area contributed by atoms with E-state index in [9.17, 15) is 0 Å². The highest BCUT2D eigenvalue weighted by Gasteiger charge is 2.09. The lowest BCUT2D eigenvalue weighted by atomic mass is 10.2. The van der Waals surface area contributed by atoms with Crippen LogP contribution in [0.5, 0.6) is 0 Å². The Morgan fingerprint density at radius 3 is 2.95 bits per heavy atom. The average molecular weight is 269 g/mol. The van der Waals surface area contributed by atoms with Gasteiger partial charge in [0.15, 0.2) is 0 Å². The number of para-hydroxylation sites is 2. The van der Waals surface area contributed by atoms with Crippen molar-refractivity contribution in [2.75, 3.05) is 0 Å². The van der Waals surface area contributed by atoms with Crippen LogP contribution in [0.4, 0.5) is 0 Å². The molecule has 0 spiro atoms. The molecule has 2 aromatic heterocycles. The number of aryl methyl sites for hydroxylation is 1. The number of nitrogens with zero attached hydrogens (tertiary/aromatic N) is 3. The summed E-state index contributed by atoms with van der Waals surface area (Å²) in [5, 5.41) is 7.77. The Hall–Kier alpha value is -2.14. The standard InChI is InChI=1S/C15H19N5/c1-3-20-10-12(8-17-20)11(2)16-9-15-18-13-6-4-5-7-14(13)19-15/h4-8,10-11,16H,3,9H2,1-2H3,(H,18,19). The molecule has 5 nitrogen and oxygen atoms in total. The lowest BCUT2D eigenvalue weighted by molar-refractivity contribution is 0.561. The Labute approximate surface area is 118 Å². The second kappa shape index (κ2) is 5.46. The number of fused-ring (bicyclic) bond motifs is 1. The van der Waals surface area contributed by atoms with Crippen LogP contribution in [-0.2, 0) is 13.1 Å². The molecular formula is C15H19N5. The molecule has 0 aliphatic heterocycles. The summed E-state index contributed by atoms with van der Waals surface area (Å²) in [5.74, 6) is 0.959. The van der Waals surface area contributed by atoms with Crippen LogP contribution < -0.4 is 5.32 Å². The molecule has 1 unspecified atom stereocenters. The Bertz CT molecular complexity index is 664. The molecule has 2 heterocycles. The largest absolute Gasteiger partial charge is 0.341 e. The van der Waals surface area contributed by atoms with Crippen LogP contribution in [0.1, 0.15) is 31.3 Å². The van der Waals surface area contributed by atoms with Crippen LogP contribution in [0.3, 0.4) is 0 Å². The molecule has 20 heavy (non-hydrogen) atoms. The molecule has 104 valence electrons. The van der Waals surface area contributed by atoms with E-state index in [-0.39, 0.29) is 6.04 Å². The van der Waals surface area contributed by atoms with E-state index in [4.69, 9.17) is 0 Å². The summed E-state index contributed by atoms with van der Waals surface area (Å²) in [4.78, 5) is 7.89. The molecule has 2 N–H and O–H groups in total. The zero-order valence-electron chi connectivity index (χ0n) is 11.8. The Balaban J connectivity index is 1.66. The zero-order valence-corrected chi connectivity index (χ0v) is 11.8. The fourth-order valence-corrected chi connectivity index (χ4v) is 2.23. The van der Waals surface area contributed by atoms with Crippen LogP contribution in [0, 0.1) is 0 Å². The van der Waals surface area contributed by atoms with E-state index in [0.717, 1.165) is 23.4 Å². The quantitative estimate of drug-likeness (QED) is 0.748. The van der Waals surface area contributed by atoms with Gasteiger partial charge in [0.1, 0.15) is 5.82 Å². The number of H-pyrrole nitrogens is 1. The summed E-state index contributed by atoms with van der Waals surface area (Å²) in [6.07, 6.45) is 4.00. The molecule has 0 saturated carbocycles. The monoisotopic (exact) mass is 269 g/mol. The fraction of sp³-hybridized carbons (Fsp3) is 0.333. The molecule has 0 fully saturated rings. The normalized spacial score (nSPS) is 12.9. The minimum Gasteiger partial charge on any atom is -0.341 e. The molecule has 1 aromatic carbocycles. The highest BCUT2D eigenvalue weighted by Crippen LogP contribution is 2.13. The molecule has 0 bridgehead atoms. The maximum absolute atomic E-state index is 4.56. The molecule has 1 atom stereocenters. The first kappa shape index (κ1) is 12.9. The van der Waals surface area contributed by atoms with Gasteiger partial charge in [0.05, 0.1) is 23.8 Å². The molecular weight excluding hydrogens is 250 g/mol. The molecule has 0 amide bonds. The number of imidazole rings is 1. The van der Waals surface area contributed by atoms with Crippen LogP contribution in [0.25, 0.3) is 11.0 Å². The minimum atomic E-state index is 0.253. The van der Waals surface area contributed by atoms with Crippen LogP contribution in [0.2, 0.25) is 0 Å². The summed E-state index contributed by atoms with van der Waals surface area (Å²) in [6.45, 7) is 5.84. The van der Waals surface area contributed by atoms with Gasteiger partial charge >= 0.3 is 0 Å². The van der Waals surface area contributed by atoms with Crippen LogP contribution in [0.15, 0.2) is 36.7 Å². The van der Waals surface area contributed by atoms with Gasteiger partial charge in [-0.3, -0.25) is 4.68 Å². The van der Waals surface area contributed by atoms with Crippen molar-refractivity contribution >= 4 is 11.0 Å². The van der Waals surface area contributed by atoms with E-state index in [1.807, 2.05) is 35.1 Å². The summed E-state index contributed by atoms with van der Waals surface area (Å²) < 4.78 is 1.94. The number of aromatic amines is 1. The molecule has 0 radical (unpaired) electrons. The first-order valence-corrected chi connectivity index (χ1v) is 6.95. The first-order valence-electron chi connectivity index (χ1n) is 6.95. The van der Waals surface area contributed by atoms with E-state index >= 15 is 0 Å². The maximum Gasteiger partial charge on any atom is 0.121 e. The second-order valence-electron chi connectivity index (χ2n) is 4.93. The Morgan fingerprint density at radius 1 is 1.35 bits per heavy atom. The van der Waals surface area contributed by atoms with Crippen LogP contribution >= 0.6 is 0 Å². The van der Waals surface area contributed by atoms with Crippen molar-refractivity contribution in [1.29, 1.82) is 0 Å². The Morgan fingerprint density at radius 2 is 2.20 bits per heavy atom. The molecule has 5 heteroatoms. The van der Waals surface area contributed by atoms with Gasteiger partial charge in [-0.25, -0.2) is 4.98 Å². The van der Waals surface area contributed by atoms with Gasteiger partial charge in [0, 0.05) is 24.3 Å². The highest BCUT2D eigenvalue weighted by atomic mass is 15.3.